The normalized spacial score (nSPS) is 13.9. The molecule has 0 saturated carbocycles. The summed E-state index contributed by atoms with van der Waals surface area (Å²) >= 11 is 1.80. The summed E-state index contributed by atoms with van der Waals surface area (Å²) in [6, 6.07) is 15.0. The number of benzene rings is 2. The van der Waals surface area contributed by atoms with Gasteiger partial charge < -0.3 is 20.5 Å². The number of nitrogens with zero attached hydrogens (tertiary/aromatic N) is 3. The number of hydrogen-bond acceptors (Lipinski definition) is 6. The van der Waals surface area contributed by atoms with E-state index in [2.05, 4.69) is 76.2 Å². The van der Waals surface area contributed by atoms with Crippen LogP contribution in [0.15, 0.2) is 64.9 Å². The molecule has 2 N–H and O–H groups in total. The van der Waals surface area contributed by atoms with Crippen molar-refractivity contribution in [1.29, 1.82) is 0 Å². The smallest absolute Gasteiger partial charge is 0.286 e. The van der Waals surface area contributed by atoms with E-state index in [9.17, 15) is 0 Å². The van der Waals surface area contributed by atoms with E-state index in [1.165, 1.54) is 26.4 Å². The number of fused-ring (bicyclic) bond motifs is 3. The maximum atomic E-state index is 8.89. The topological polar surface area (TPSA) is 86.2 Å². The summed E-state index contributed by atoms with van der Waals surface area (Å²) < 4.78 is 2.07. The van der Waals surface area contributed by atoms with Crippen LogP contribution >= 0.6 is 11.8 Å². The fourth-order valence-corrected chi connectivity index (χ4v) is 4.21. The van der Waals surface area contributed by atoms with Crippen LogP contribution in [0.3, 0.4) is 0 Å². The fourth-order valence-electron chi connectivity index (χ4n) is 3.09. The molecular formula is C22H24N4O2S. The molecule has 6 nitrogen and oxygen atoms in total. The lowest BCUT2D eigenvalue weighted by Gasteiger charge is -2.15. The second kappa shape index (κ2) is 9.54. The van der Waals surface area contributed by atoms with Crippen LogP contribution in [0.25, 0.3) is 16.8 Å². The summed E-state index contributed by atoms with van der Waals surface area (Å²) in [5.74, 6) is -1.08. The Balaban J connectivity index is 0.000000552. The van der Waals surface area contributed by atoms with Crippen molar-refractivity contribution in [2.45, 2.75) is 24.8 Å². The zero-order valence-electron chi connectivity index (χ0n) is 16.5. The van der Waals surface area contributed by atoms with Crippen LogP contribution in [-0.2, 0) is 11.3 Å². The molecule has 0 aliphatic carbocycles. The van der Waals surface area contributed by atoms with E-state index in [-0.39, 0.29) is 0 Å². The zero-order chi connectivity index (χ0) is 20.8. The number of nitrogens with two attached hydrogens (primary N) is 1. The maximum absolute atomic E-state index is 8.89. The first kappa shape index (κ1) is 20.8. The van der Waals surface area contributed by atoms with Crippen LogP contribution in [0.4, 0.5) is 5.69 Å². The Morgan fingerprint density at radius 2 is 2.03 bits per heavy atom. The summed E-state index contributed by atoms with van der Waals surface area (Å²) in [7, 11) is 2.13. The van der Waals surface area contributed by atoms with Crippen LogP contribution in [-0.4, -0.2) is 24.5 Å². The molecule has 1 aromatic heterocycles. The number of aryl methyl sites for hydroxylation is 1. The molecule has 0 unspecified atom stereocenters. The van der Waals surface area contributed by atoms with E-state index in [0.29, 0.717) is 6.54 Å². The lowest BCUT2D eigenvalue weighted by molar-refractivity contribution is -0.700. The number of thioether (sulfide) groups is 1. The van der Waals surface area contributed by atoms with Crippen LogP contribution in [0.1, 0.15) is 19.0 Å². The minimum absolute atomic E-state index is 0.701. The van der Waals surface area contributed by atoms with Gasteiger partial charge in [0, 0.05) is 35.4 Å². The molecule has 150 valence electrons. The number of carboxylic acid groups (broad SMARTS) is 1. The summed E-state index contributed by atoms with van der Waals surface area (Å²) in [5.41, 5.74) is 7.81. The van der Waals surface area contributed by atoms with Gasteiger partial charge in [0.25, 0.3) is 6.33 Å². The summed E-state index contributed by atoms with van der Waals surface area (Å²) in [6.45, 7) is 2.58. The maximum Gasteiger partial charge on any atom is 0.286 e. The number of rotatable bonds is 4. The molecule has 0 bridgehead atoms. The number of anilines is 1. The highest BCUT2D eigenvalue weighted by molar-refractivity contribution is 8.04. The number of hydrogen-bond donors (Lipinski definition) is 1. The van der Waals surface area contributed by atoms with E-state index in [1.807, 2.05) is 6.33 Å². The van der Waals surface area contributed by atoms with Crippen molar-refractivity contribution in [3.63, 3.8) is 0 Å². The molecule has 3 aromatic rings. The van der Waals surface area contributed by atoms with Gasteiger partial charge in [-0.15, -0.1) is 0 Å². The summed E-state index contributed by atoms with van der Waals surface area (Å²) in [6.07, 6.45) is 7.06. The zero-order valence-corrected chi connectivity index (χ0v) is 17.4. The summed E-state index contributed by atoms with van der Waals surface area (Å²) in [5, 5.41) is 12.6. The molecule has 29 heavy (non-hydrogen) atoms. The van der Waals surface area contributed by atoms with Gasteiger partial charge in [0.15, 0.2) is 5.69 Å². The molecule has 4 rings (SSSR count). The lowest BCUT2D eigenvalue weighted by atomic mass is 10.1. The minimum atomic E-state index is -1.08. The molecule has 1 aliphatic rings. The van der Waals surface area contributed by atoms with Crippen LogP contribution in [0.5, 0.6) is 0 Å². The number of carboxylic acids is 1. The second-order valence-corrected chi connectivity index (χ2v) is 7.70. The minimum Gasteiger partial charge on any atom is -0.550 e. The van der Waals surface area contributed by atoms with E-state index in [4.69, 9.17) is 15.6 Å². The highest BCUT2D eigenvalue weighted by Gasteiger charge is 2.24. The van der Waals surface area contributed by atoms with Crippen LogP contribution in [0.2, 0.25) is 0 Å². The van der Waals surface area contributed by atoms with Gasteiger partial charge in [-0.3, -0.25) is 0 Å². The number of aromatic nitrogens is 2. The van der Waals surface area contributed by atoms with Crippen LogP contribution < -0.4 is 20.3 Å². The second-order valence-electron chi connectivity index (χ2n) is 6.63. The van der Waals surface area contributed by atoms with Gasteiger partial charge in [-0.1, -0.05) is 42.1 Å². The van der Waals surface area contributed by atoms with Gasteiger partial charge in [-0.25, -0.2) is 4.57 Å². The SMILES string of the molecule is CC(=O)[O-].CN1C(=Cc2cc[n+](CCCN)cn2)Sc2ccc3ccccc3c21. The van der Waals surface area contributed by atoms with E-state index in [1.54, 1.807) is 11.8 Å². The van der Waals surface area contributed by atoms with E-state index < -0.39 is 5.97 Å². The lowest BCUT2D eigenvalue weighted by Crippen LogP contribution is -2.34. The Kier molecular flexibility index (Phi) is 6.85. The monoisotopic (exact) mass is 408 g/mol. The molecule has 0 amide bonds. The predicted molar refractivity (Wildman–Crippen MR) is 115 cm³/mol. The first-order valence-electron chi connectivity index (χ1n) is 9.37. The Morgan fingerprint density at radius 3 is 2.72 bits per heavy atom. The third-order valence-electron chi connectivity index (χ3n) is 4.43. The van der Waals surface area contributed by atoms with Crippen molar-refractivity contribution in [3.05, 3.63) is 65.7 Å². The first-order chi connectivity index (χ1) is 14.0. The number of aliphatic carboxylic acids is 1. The van der Waals surface area contributed by atoms with Gasteiger partial charge in [-0.2, -0.15) is 0 Å². The van der Waals surface area contributed by atoms with Crippen molar-refractivity contribution in [2.75, 3.05) is 18.5 Å². The van der Waals surface area contributed by atoms with E-state index in [0.717, 1.165) is 25.6 Å². The van der Waals surface area contributed by atoms with Crippen molar-refractivity contribution in [3.8, 4) is 0 Å². The molecule has 0 saturated heterocycles. The molecule has 7 heteroatoms. The molecule has 0 spiro atoms. The fraction of sp³-hybridized carbons (Fsp3) is 0.227. The van der Waals surface area contributed by atoms with Gasteiger partial charge in [0.05, 0.1) is 23.5 Å². The molecule has 2 heterocycles. The van der Waals surface area contributed by atoms with Gasteiger partial charge >= 0.3 is 0 Å². The highest BCUT2D eigenvalue weighted by Crippen LogP contribution is 2.48. The predicted octanol–water partition coefficient (Wildman–Crippen LogP) is 2.17. The van der Waals surface area contributed by atoms with Crippen molar-refractivity contribution >= 4 is 40.3 Å². The molecule has 0 radical (unpaired) electrons. The molecule has 2 aromatic carbocycles. The van der Waals surface area contributed by atoms with Gasteiger partial charge in [0.1, 0.15) is 0 Å². The quantitative estimate of drug-likeness (QED) is 0.666. The number of carbonyl (C=O) groups is 1. The third-order valence-corrected chi connectivity index (χ3v) is 5.58. The van der Waals surface area contributed by atoms with Crippen molar-refractivity contribution < 1.29 is 14.5 Å². The van der Waals surface area contributed by atoms with Crippen molar-refractivity contribution in [1.82, 2.24) is 4.98 Å². The summed E-state index contributed by atoms with van der Waals surface area (Å²) in [4.78, 5) is 17.0. The molecule has 0 fully saturated rings. The Labute approximate surface area is 174 Å². The first-order valence-corrected chi connectivity index (χ1v) is 10.2. The largest absolute Gasteiger partial charge is 0.550 e. The third kappa shape index (κ3) is 5.13. The molecular weight excluding hydrogens is 384 g/mol. The highest BCUT2D eigenvalue weighted by atomic mass is 32.2. The molecule has 0 atom stereocenters. The standard InChI is InChI=1S/C20H21N4S.C2H4O2/c1-23-19(13-16-9-12-24(14-22-16)11-4-10-21)25-18-8-7-15-5-2-3-6-17(15)20(18)23;1-2(3)4/h2-3,5-9,12-14H,4,10-11,21H2,1H3;1H3,(H,3,4)/q+1;/p-1. The Morgan fingerprint density at radius 1 is 1.28 bits per heavy atom. The van der Waals surface area contributed by atoms with Gasteiger partial charge in [0.2, 0.25) is 0 Å². The Hall–Kier alpha value is -2.90. The number of carbonyl (C=O) groups excluding carboxylic acids is 1. The Bertz CT molecular complexity index is 1030. The van der Waals surface area contributed by atoms with E-state index >= 15 is 0 Å². The average molecular weight is 409 g/mol. The van der Waals surface area contributed by atoms with Crippen molar-refractivity contribution in [2.24, 2.45) is 5.73 Å². The van der Waals surface area contributed by atoms with Crippen LogP contribution in [0, 0.1) is 0 Å². The average Bonchev–Trinajstić information content (AvgIpc) is 3.03. The molecule has 1 aliphatic heterocycles. The van der Waals surface area contributed by atoms with Gasteiger partial charge in [-0.05, 0) is 36.3 Å².